The normalized spacial score (nSPS) is 22.3. The highest BCUT2D eigenvalue weighted by atomic mass is 32.2. The van der Waals surface area contributed by atoms with Gasteiger partial charge in [0.05, 0.1) is 5.75 Å². The molecule has 2 saturated heterocycles. The Morgan fingerprint density at radius 1 is 1.15 bits per heavy atom. The minimum absolute atomic E-state index is 0.0437. The summed E-state index contributed by atoms with van der Waals surface area (Å²) in [6.45, 7) is 1.84. The molecule has 3 rings (SSSR count). The predicted molar refractivity (Wildman–Crippen MR) is 132 cm³/mol. The van der Waals surface area contributed by atoms with E-state index in [0.29, 0.717) is 16.7 Å². The van der Waals surface area contributed by atoms with Gasteiger partial charge in [-0.15, -0.1) is 11.8 Å². The van der Waals surface area contributed by atoms with Crippen LogP contribution in [-0.4, -0.2) is 111 Å². The Morgan fingerprint density at radius 3 is 2.33 bits per heavy atom. The fourth-order valence-corrected chi connectivity index (χ4v) is 6.23. The van der Waals surface area contributed by atoms with Gasteiger partial charge in [-0.1, -0.05) is 30.3 Å². The number of carboxylic acid groups (broad SMARTS) is 1. The maximum absolute atomic E-state index is 13.5. The van der Waals surface area contributed by atoms with Crippen molar-refractivity contribution in [1.29, 1.82) is 0 Å². The molecule has 0 unspecified atom stereocenters. The molecule has 0 saturated carbocycles. The first-order chi connectivity index (χ1) is 18.3. The zero-order chi connectivity index (χ0) is 29.1. The second-order valence-corrected chi connectivity index (χ2v) is 10.6. The summed E-state index contributed by atoms with van der Waals surface area (Å²) in [5.74, 6) is -6.65. The Kier molecular flexibility index (Phi) is 8.84. The lowest BCUT2D eigenvalue weighted by molar-refractivity contribution is -0.185. The van der Waals surface area contributed by atoms with E-state index in [4.69, 9.17) is 9.84 Å². The smallest absolute Gasteiger partial charge is 0.363 e. The average molecular weight is 588 g/mol. The number of carbonyl (C=O) groups is 6. The third-order valence-corrected chi connectivity index (χ3v) is 8.20. The van der Waals surface area contributed by atoms with E-state index in [1.165, 1.54) is 29.2 Å². The van der Waals surface area contributed by atoms with Gasteiger partial charge in [-0.25, -0.2) is 4.79 Å². The molecule has 6 amide bonds. The van der Waals surface area contributed by atoms with Gasteiger partial charge in [0.15, 0.2) is 5.37 Å². The quantitative estimate of drug-likeness (QED) is 0.105. The molecule has 2 heterocycles. The van der Waals surface area contributed by atoms with E-state index in [1.54, 1.807) is 13.0 Å². The van der Waals surface area contributed by atoms with E-state index in [0.717, 1.165) is 7.11 Å². The number of urea groups is 1. The number of methoxy groups -OCH3 is 1. The molecular weight excluding hydrogens is 562 g/mol. The maximum Gasteiger partial charge on any atom is 0.363 e. The van der Waals surface area contributed by atoms with Crippen molar-refractivity contribution in [3.63, 3.8) is 0 Å². The molecular formula is C21H25N5O11S2. The fourth-order valence-electron chi connectivity index (χ4n) is 3.96. The minimum Gasteiger partial charge on any atom is -0.481 e. The molecule has 0 bridgehead atoms. The molecule has 0 aromatic heterocycles. The van der Waals surface area contributed by atoms with Crippen molar-refractivity contribution >= 4 is 57.7 Å². The van der Waals surface area contributed by atoms with Crippen LogP contribution in [0.4, 0.5) is 4.79 Å². The molecule has 0 spiro atoms. The standard InChI is InChI=1S/C21H25N5O11S2/c1-3-24-9-10-25(17(31)16(24)30)20(33)22-14(12-7-5-4-6-8-12)15(29)23-21(37-2)18(32)26(39(34,35)36)19(21)38-11-13(27)28/h4-8,14,19H,3,9-11H2,1-2H3,(H,22,33)(H,23,29)(H,27,28)(H,34,35,36)/t14-,19-,21-/m1/s1. The summed E-state index contributed by atoms with van der Waals surface area (Å²) in [5.41, 5.74) is -2.27. The Morgan fingerprint density at radius 2 is 1.79 bits per heavy atom. The molecule has 1 aromatic carbocycles. The first kappa shape index (κ1) is 29.8. The van der Waals surface area contributed by atoms with Crippen LogP contribution in [0.15, 0.2) is 30.3 Å². The number of β-lactam (4-membered cyclic amide) rings is 1. The van der Waals surface area contributed by atoms with Crippen LogP contribution in [-0.2, 0) is 39.0 Å². The number of benzene rings is 1. The van der Waals surface area contributed by atoms with E-state index in [9.17, 15) is 41.7 Å². The molecule has 2 fully saturated rings. The summed E-state index contributed by atoms with van der Waals surface area (Å²) < 4.78 is 38.1. The number of rotatable bonds is 10. The number of nitrogens with one attached hydrogen (secondary N) is 2. The van der Waals surface area contributed by atoms with Crippen molar-refractivity contribution in [2.45, 2.75) is 24.1 Å². The molecule has 2 aliphatic heterocycles. The Bertz CT molecular complexity index is 1290. The number of likely N-dealkylation sites (N-methyl/N-ethyl adjacent to an activating group) is 1. The van der Waals surface area contributed by atoms with Gasteiger partial charge in [-0.2, -0.15) is 12.7 Å². The highest BCUT2D eigenvalue weighted by Crippen LogP contribution is 2.41. The Labute approximate surface area is 226 Å². The number of imide groups is 1. The van der Waals surface area contributed by atoms with Crippen LogP contribution in [0, 0.1) is 0 Å². The van der Waals surface area contributed by atoms with Gasteiger partial charge in [0.25, 0.3) is 11.6 Å². The van der Waals surface area contributed by atoms with Crippen LogP contribution >= 0.6 is 11.8 Å². The first-order valence-electron chi connectivity index (χ1n) is 11.3. The van der Waals surface area contributed by atoms with E-state index in [2.05, 4.69) is 10.6 Å². The zero-order valence-electron chi connectivity index (χ0n) is 20.6. The number of amides is 6. The second kappa shape index (κ2) is 11.6. The van der Waals surface area contributed by atoms with Crippen molar-refractivity contribution in [3.8, 4) is 0 Å². The summed E-state index contributed by atoms with van der Waals surface area (Å²) in [6, 6.07) is 4.88. The molecule has 2 aliphatic rings. The summed E-state index contributed by atoms with van der Waals surface area (Å²) >= 11 is 0.375. The van der Waals surface area contributed by atoms with Crippen LogP contribution in [0.3, 0.4) is 0 Å². The third kappa shape index (κ3) is 5.82. The number of aliphatic carboxylic acids is 1. The lowest BCUT2D eigenvalue weighted by atomic mass is 10.0. The zero-order valence-corrected chi connectivity index (χ0v) is 22.2. The summed E-state index contributed by atoms with van der Waals surface area (Å²) in [4.78, 5) is 76.9. The van der Waals surface area contributed by atoms with Gasteiger partial charge in [-0.05, 0) is 12.5 Å². The molecule has 1 aromatic rings. The van der Waals surface area contributed by atoms with Crippen molar-refractivity contribution in [1.82, 2.24) is 24.7 Å². The molecule has 16 nitrogen and oxygen atoms in total. The highest BCUT2D eigenvalue weighted by Gasteiger charge is 2.67. The van der Waals surface area contributed by atoms with Gasteiger partial charge in [0, 0.05) is 26.7 Å². The van der Waals surface area contributed by atoms with Gasteiger partial charge in [-0.3, -0.25) is 33.4 Å². The van der Waals surface area contributed by atoms with Crippen molar-refractivity contribution in [2.24, 2.45) is 0 Å². The third-order valence-electron chi connectivity index (χ3n) is 5.92. The topological polar surface area (TPSA) is 220 Å². The van der Waals surface area contributed by atoms with Gasteiger partial charge in [0.1, 0.15) is 6.04 Å². The van der Waals surface area contributed by atoms with Gasteiger partial charge >= 0.3 is 34.1 Å². The lowest BCUT2D eigenvalue weighted by Crippen LogP contribution is -2.81. The molecule has 39 heavy (non-hydrogen) atoms. The van der Waals surface area contributed by atoms with Gasteiger partial charge < -0.3 is 25.4 Å². The lowest BCUT2D eigenvalue weighted by Gasteiger charge is -2.51. The minimum atomic E-state index is -5.16. The summed E-state index contributed by atoms with van der Waals surface area (Å²) in [6.07, 6.45) is 0. The van der Waals surface area contributed by atoms with Crippen molar-refractivity contribution in [3.05, 3.63) is 35.9 Å². The van der Waals surface area contributed by atoms with Gasteiger partial charge in [0.2, 0.25) is 5.91 Å². The van der Waals surface area contributed by atoms with E-state index in [1.807, 2.05) is 0 Å². The predicted octanol–water partition coefficient (Wildman–Crippen LogP) is -1.62. The number of hydrogen-bond acceptors (Lipinski definition) is 10. The largest absolute Gasteiger partial charge is 0.481 e. The summed E-state index contributed by atoms with van der Waals surface area (Å²) in [7, 11) is -4.22. The number of hydrogen-bond donors (Lipinski definition) is 4. The number of ether oxygens (including phenoxy) is 1. The van der Waals surface area contributed by atoms with E-state index in [-0.39, 0.29) is 29.5 Å². The number of nitrogens with zero attached hydrogens (tertiary/aromatic N) is 3. The van der Waals surface area contributed by atoms with Crippen LogP contribution < -0.4 is 10.6 Å². The summed E-state index contributed by atoms with van der Waals surface area (Å²) in [5, 5.41) is 11.8. The van der Waals surface area contributed by atoms with E-state index < -0.39 is 68.8 Å². The number of piperazine rings is 1. The maximum atomic E-state index is 13.5. The van der Waals surface area contributed by atoms with Crippen molar-refractivity contribution < 1.29 is 51.6 Å². The molecule has 18 heteroatoms. The van der Waals surface area contributed by atoms with Crippen LogP contribution in [0.1, 0.15) is 18.5 Å². The SMILES string of the molecule is CCN1CCN(C(=O)N[C@@H](C(=O)N[C@@]2(OC)C(=O)N(S(=O)(=O)O)[C@@H]2SCC(=O)O)c2ccccc2)C(=O)C1=O. The molecule has 0 radical (unpaired) electrons. The highest BCUT2D eigenvalue weighted by molar-refractivity contribution is 8.01. The number of thioether (sulfide) groups is 1. The Balaban J connectivity index is 1.91. The fraction of sp³-hybridized carbons (Fsp3) is 0.429. The first-order valence-corrected chi connectivity index (χ1v) is 13.7. The Hall–Kier alpha value is -3.74. The van der Waals surface area contributed by atoms with Crippen LogP contribution in [0.5, 0.6) is 0 Å². The second-order valence-electron chi connectivity index (χ2n) is 8.20. The monoisotopic (exact) mass is 587 g/mol. The number of carbonyl (C=O) groups excluding carboxylic acids is 5. The number of carboxylic acids is 1. The molecule has 3 atom stereocenters. The molecule has 4 N–H and O–H groups in total. The molecule has 0 aliphatic carbocycles. The average Bonchev–Trinajstić information content (AvgIpc) is 2.88. The van der Waals surface area contributed by atoms with Crippen LogP contribution in [0.2, 0.25) is 0 Å². The van der Waals surface area contributed by atoms with Crippen LogP contribution in [0.25, 0.3) is 0 Å². The molecule has 212 valence electrons. The van der Waals surface area contributed by atoms with E-state index >= 15 is 0 Å². The van der Waals surface area contributed by atoms with Crippen molar-refractivity contribution in [2.75, 3.05) is 32.5 Å².